The molecule has 0 aromatic carbocycles. The van der Waals surface area contributed by atoms with E-state index in [4.69, 9.17) is 4.74 Å². The molecule has 0 spiro atoms. The van der Waals surface area contributed by atoms with Gasteiger partial charge in [-0.15, -0.1) is 0 Å². The van der Waals surface area contributed by atoms with Gasteiger partial charge in [0.25, 0.3) is 0 Å². The number of aliphatic hydroxyl groups is 1. The summed E-state index contributed by atoms with van der Waals surface area (Å²) >= 11 is 0. The number of rotatable bonds is 5. The third-order valence-corrected chi connectivity index (χ3v) is 4.05. The van der Waals surface area contributed by atoms with Crippen LogP contribution in [0.2, 0.25) is 0 Å². The van der Waals surface area contributed by atoms with Crippen LogP contribution in [0.5, 0.6) is 0 Å². The van der Waals surface area contributed by atoms with Crippen LogP contribution < -0.4 is 5.32 Å². The van der Waals surface area contributed by atoms with Gasteiger partial charge in [-0.05, 0) is 45.4 Å². The minimum Gasteiger partial charge on any atom is -0.394 e. The van der Waals surface area contributed by atoms with Crippen molar-refractivity contribution < 1.29 is 23.0 Å². The molecule has 112 valence electrons. The Balaban J connectivity index is 1.91. The number of aliphatic hydroxyl groups excluding tert-OH is 1. The number of alkyl halides is 3. The van der Waals surface area contributed by atoms with E-state index in [2.05, 4.69) is 5.32 Å². The lowest BCUT2D eigenvalue weighted by atomic mass is 9.80. The number of halogens is 3. The maximum Gasteiger partial charge on any atom is 0.414 e. The van der Waals surface area contributed by atoms with Gasteiger partial charge in [0.2, 0.25) is 0 Å². The Hall–Kier alpha value is -0.330. The Morgan fingerprint density at radius 2 is 2.05 bits per heavy atom. The summed E-state index contributed by atoms with van der Waals surface area (Å²) in [4.78, 5) is 0. The maximum absolute atomic E-state index is 12.5. The Labute approximate surface area is 111 Å². The molecule has 19 heavy (non-hydrogen) atoms. The van der Waals surface area contributed by atoms with Crippen LogP contribution in [-0.2, 0) is 4.74 Å². The molecule has 2 N–H and O–H groups in total. The van der Waals surface area contributed by atoms with E-state index in [1.807, 2.05) is 0 Å². The molecule has 0 saturated heterocycles. The Morgan fingerprint density at radius 3 is 2.58 bits per heavy atom. The Kier molecular flexibility index (Phi) is 4.42. The van der Waals surface area contributed by atoms with Crippen molar-refractivity contribution in [2.24, 2.45) is 0 Å². The Morgan fingerprint density at radius 1 is 1.37 bits per heavy atom. The van der Waals surface area contributed by atoms with E-state index in [9.17, 15) is 18.3 Å². The second kappa shape index (κ2) is 5.58. The molecule has 0 bridgehead atoms. The number of hydrogen-bond donors (Lipinski definition) is 2. The van der Waals surface area contributed by atoms with Gasteiger partial charge >= 0.3 is 6.18 Å². The quantitative estimate of drug-likeness (QED) is 0.813. The lowest BCUT2D eigenvalue weighted by molar-refractivity contribution is -0.231. The zero-order valence-corrected chi connectivity index (χ0v) is 11.2. The van der Waals surface area contributed by atoms with E-state index in [0.717, 1.165) is 32.6 Å². The lowest BCUT2D eigenvalue weighted by Crippen LogP contribution is -2.54. The molecule has 2 fully saturated rings. The highest BCUT2D eigenvalue weighted by molar-refractivity contribution is 4.99. The SMILES string of the molecule is CC(OC1CCCC(CO)(NC2CC2)C1)C(F)(F)F. The van der Waals surface area contributed by atoms with E-state index in [-0.39, 0.29) is 6.61 Å². The maximum atomic E-state index is 12.5. The summed E-state index contributed by atoms with van der Waals surface area (Å²) in [7, 11) is 0. The summed E-state index contributed by atoms with van der Waals surface area (Å²) in [6, 6.07) is 0.422. The standard InChI is InChI=1S/C13H22F3NO2/c1-9(13(14,15)16)19-11-3-2-6-12(7-11,8-18)17-10-4-5-10/h9-11,17-18H,2-8H2,1H3. The highest BCUT2D eigenvalue weighted by Crippen LogP contribution is 2.35. The molecule has 0 aromatic heterocycles. The monoisotopic (exact) mass is 281 g/mol. The van der Waals surface area contributed by atoms with Crippen LogP contribution in [-0.4, -0.2) is 41.7 Å². The number of nitrogens with one attached hydrogen (secondary N) is 1. The van der Waals surface area contributed by atoms with Crippen LogP contribution in [0, 0.1) is 0 Å². The van der Waals surface area contributed by atoms with Crippen molar-refractivity contribution in [3.05, 3.63) is 0 Å². The molecule has 0 aliphatic heterocycles. The van der Waals surface area contributed by atoms with Gasteiger partial charge in [0.05, 0.1) is 12.7 Å². The molecule has 3 unspecified atom stereocenters. The first-order valence-corrected chi connectivity index (χ1v) is 6.95. The van der Waals surface area contributed by atoms with Crippen LogP contribution in [0.3, 0.4) is 0 Å². The van der Waals surface area contributed by atoms with Crippen LogP contribution in [0.15, 0.2) is 0 Å². The predicted octanol–water partition coefficient (Wildman–Crippen LogP) is 2.38. The van der Waals surface area contributed by atoms with E-state index in [1.165, 1.54) is 0 Å². The molecule has 6 heteroatoms. The third-order valence-electron chi connectivity index (χ3n) is 4.05. The van der Waals surface area contributed by atoms with Gasteiger partial charge < -0.3 is 15.2 Å². The first kappa shape index (κ1) is 15.1. The van der Waals surface area contributed by atoms with Gasteiger partial charge in [-0.2, -0.15) is 13.2 Å². The molecule has 0 radical (unpaired) electrons. The average molecular weight is 281 g/mol. The predicted molar refractivity (Wildman–Crippen MR) is 64.8 cm³/mol. The second-order valence-corrected chi connectivity index (χ2v) is 5.90. The summed E-state index contributed by atoms with van der Waals surface area (Å²) in [5.74, 6) is 0. The zero-order valence-electron chi connectivity index (χ0n) is 11.2. The van der Waals surface area contributed by atoms with Crippen molar-refractivity contribution in [2.45, 2.75) is 75.4 Å². The molecule has 2 rings (SSSR count). The zero-order chi connectivity index (χ0) is 14.1. The molecular formula is C13H22F3NO2. The molecule has 2 aliphatic carbocycles. The summed E-state index contributed by atoms with van der Waals surface area (Å²) in [6.07, 6.45) is -1.62. The fraction of sp³-hybridized carbons (Fsp3) is 1.00. The van der Waals surface area contributed by atoms with Crippen LogP contribution >= 0.6 is 0 Å². The third kappa shape index (κ3) is 4.07. The second-order valence-electron chi connectivity index (χ2n) is 5.90. The highest BCUT2D eigenvalue weighted by Gasteiger charge is 2.43. The lowest BCUT2D eigenvalue weighted by Gasteiger charge is -2.41. The van der Waals surface area contributed by atoms with Crippen LogP contribution in [0.4, 0.5) is 13.2 Å². The van der Waals surface area contributed by atoms with Crippen molar-refractivity contribution in [1.82, 2.24) is 5.32 Å². The molecule has 3 atom stereocenters. The smallest absolute Gasteiger partial charge is 0.394 e. The molecule has 2 aliphatic rings. The van der Waals surface area contributed by atoms with Crippen molar-refractivity contribution in [1.29, 1.82) is 0 Å². The minimum absolute atomic E-state index is 0.0379. The van der Waals surface area contributed by atoms with Crippen molar-refractivity contribution in [3.63, 3.8) is 0 Å². The minimum atomic E-state index is -4.32. The van der Waals surface area contributed by atoms with Gasteiger partial charge in [-0.25, -0.2) is 0 Å². The largest absolute Gasteiger partial charge is 0.414 e. The summed E-state index contributed by atoms with van der Waals surface area (Å²) in [5.41, 5.74) is -0.449. The van der Waals surface area contributed by atoms with Gasteiger partial charge in [0.15, 0.2) is 6.10 Å². The molecule has 2 saturated carbocycles. The van der Waals surface area contributed by atoms with Gasteiger partial charge in [-0.1, -0.05) is 0 Å². The summed E-state index contributed by atoms with van der Waals surface area (Å²) < 4.78 is 42.7. The van der Waals surface area contributed by atoms with E-state index in [0.29, 0.717) is 18.9 Å². The van der Waals surface area contributed by atoms with E-state index < -0.39 is 23.9 Å². The number of ether oxygens (including phenoxy) is 1. The fourth-order valence-electron chi connectivity index (χ4n) is 2.77. The summed E-state index contributed by atoms with van der Waals surface area (Å²) in [6.45, 7) is 1.01. The molecule has 0 amide bonds. The van der Waals surface area contributed by atoms with Crippen LogP contribution in [0.25, 0.3) is 0 Å². The summed E-state index contributed by atoms with van der Waals surface area (Å²) in [5, 5.41) is 13.0. The van der Waals surface area contributed by atoms with Crippen molar-refractivity contribution in [2.75, 3.05) is 6.61 Å². The van der Waals surface area contributed by atoms with Gasteiger partial charge in [-0.3, -0.25) is 0 Å². The Bertz CT molecular complexity index is 307. The van der Waals surface area contributed by atoms with E-state index >= 15 is 0 Å². The molecule has 0 aromatic rings. The van der Waals surface area contributed by atoms with E-state index in [1.54, 1.807) is 0 Å². The first-order chi connectivity index (χ1) is 8.85. The average Bonchev–Trinajstić information content (AvgIpc) is 3.12. The fourth-order valence-corrected chi connectivity index (χ4v) is 2.77. The highest BCUT2D eigenvalue weighted by atomic mass is 19.4. The molecule has 0 heterocycles. The number of hydrogen-bond acceptors (Lipinski definition) is 3. The van der Waals surface area contributed by atoms with Crippen LogP contribution in [0.1, 0.15) is 45.4 Å². The first-order valence-electron chi connectivity index (χ1n) is 6.95. The topological polar surface area (TPSA) is 41.5 Å². The molecule has 3 nitrogen and oxygen atoms in total. The van der Waals surface area contributed by atoms with Gasteiger partial charge in [0, 0.05) is 11.6 Å². The van der Waals surface area contributed by atoms with Crippen molar-refractivity contribution in [3.8, 4) is 0 Å². The molecular weight excluding hydrogens is 259 g/mol. The normalized spacial score (nSPS) is 34.3. The van der Waals surface area contributed by atoms with Crippen molar-refractivity contribution >= 4 is 0 Å². The van der Waals surface area contributed by atoms with Gasteiger partial charge in [0.1, 0.15) is 0 Å².